The Morgan fingerprint density at radius 1 is 1.58 bits per heavy atom. The lowest BCUT2D eigenvalue weighted by atomic mass is 10.1. The van der Waals surface area contributed by atoms with E-state index in [1.165, 1.54) is 10.4 Å². The molecule has 12 heavy (non-hydrogen) atoms. The number of hydrogen-bond acceptors (Lipinski definition) is 3. The molecule has 3 heteroatoms. The standard InChI is InChI=1S/C9H10N2S/c1-7-8(3-5-12-7)9-2-4-10-6-11-9/h2-6,9H,1H3,(H,10,11)/t9-/m1/s1. The lowest BCUT2D eigenvalue weighted by Crippen LogP contribution is -2.08. The van der Waals surface area contributed by atoms with E-state index in [9.17, 15) is 0 Å². The van der Waals surface area contributed by atoms with Crippen molar-refractivity contribution >= 4 is 17.7 Å². The maximum atomic E-state index is 4.32. The molecule has 0 spiro atoms. The minimum absolute atomic E-state index is 0.220. The van der Waals surface area contributed by atoms with Gasteiger partial charge < -0.3 is 5.32 Å². The van der Waals surface area contributed by atoms with Crippen LogP contribution in [0.15, 0.2) is 28.7 Å². The molecule has 0 radical (unpaired) electrons. The predicted octanol–water partition coefficient (Wildman–Crippen LogP) is 2.24. The smallest absolute Gasteiger partial charge is 0.0975 e. The highest BCUT2D eigenvalue weighted by Gasteiger charge is 2.10. The maximum absolute atomic E-state index is 4.32. The molecule has 0 unspecified atom stereocenters. The first-order valence-corrected chi connectivity index (χ1v) is 4.74. The van der Waals surface area contributed by atoms with Gasteiger partial charge >= 0.3 is 0 Å². The van der Waals surface area contributed by atoms with Crippen LogP contribution < -0.4 is 5.32 Å². The van der Waals surface area contributed by atoms with Crippen molar-refractivity contribution < 1.29 is 0 Å². The second kappa shape index (κ2) is 3.11. The molecule has 0 saturated carbocycles. The van der Waals surface area contributed by atoms with Crippen molar-refractivity contribution in [3.8, 4) is 0 Å². The molecule has 1 aliphatic rings. The Morgan fingerprint density at radius 2 is 2.50 bits per heavy atom. The normalized spacial score (nSPS) is 20.9. The van der Waals surface area contributed by atoms with Crippen molar-refractivity contribution in [2.24, 2.45) is 4.99 Å². The van der Waals surface area contributed by atoms with Crippen molar-refractivity contribution in [1.29, 1.82) is 0 Å². The van der Waals surface area contributed by atoms with Gasteiger partial charge in [-0.15, -0.1) is 11.3 Å². The van der Waals surface area contributed by atoms with Gasteiger partial charge in [0.05, 0.1) is 12.4 Å². The summed E-state index contributed by atoms with van der Waals surface area (Å²) in [5.41, 5.74) is 1.31. The van der Waals surface area contributed by atoms with Gasteiger partial charge in [0.25, 0.3) is 0 Å². The first-order valence-electron chi connectivity index (χ1n) is 3.86. The highest BCUT2D eigenvalue weighted by molar-refractivity contribution is 7.10. The van der Waals surface area contributed by atoms with Gasteiger partial charge in [-0.1, -0.05) is 0 Å². The predicted molar refractivity (Wildman–Crippen MR) is 52.6 cm³/mol. The van der Waals surface area contributed by atoms with E-state index in [2.05, 4.69) is 34.8 Å². The van der Waals surface area contributed by atoms with Gasteiger partial charge in [-0.3, -0.25) is 4.99 Å². The van der Waals surface area contributed by atoms with Gasteiger partial charge in [-0.2, -0.15) is 0 Å². The summed E-state index contributed by atoms with van der Waals surface area (Å²) in [5, 5.41) is 5.03. The number of nitrogens with zero attached hydrogens (tertiary/aromatic N) is 1. The summed E-state index contributed by atoms with van der Waals surface area (Å²) >= 11 is 1.77. The van der Waals surface area contributed by atoms with Crippen molar-refractivity contribution in [2.45, 2.75) is 13.0 Å². The molecule has 0 amide bonds. The monoisotopic (exact) mass is 178 g/mol. The van der Waals surface area contributed by atoms with Crippen LogP contribution in [-0.2, 0) is 0 Å². The molecule has 2 rings (SSSR count). The number of aryl methyl sites for hydroxylation is 1. The van der Waals surface area contributed by atoms with Gasteiger partial charge in [0, 0.05) is 11.1 Å². The van der Waals surface area contributed by atoms with Crippen LogP contribution in [0.3, 0.4) is 0 Å². The van der Waals surface area contributed by atoms with Crippen molar-refractivity contribution in [1.82, 2.24) is 5.32 Å². The Labute approximate surface area is 75.6 Å². The molecule has 0 saturated heterocycles. The molecule has 1 aromatic rings. The van der Waals surface area contributed by atoms with E-state index in [1.54, 1.807) is 17.7 Å². The van der Waals surface area contributed by atoms with Gasteiger partial charge in [0.15, 0.2) is 0 Å². The first-order chi connectivity index (χ1) is 5.88. The van der Waals surface area contributed by atoms with Crippen LogP contribution >= 0.6 is 11.3 Å². The number of thiophene rings is 1. The molecular formula is C9H10N2S. The lowest BCUT2D eigenvalue weighted by Gasteiger charge is -2.10. The van der Waals surface area contributed by atoms with Crippen LogP contribution in [0, 0.1) is 6.92 Å². The van der Waals surface area contributed by atoms with E-state index in [0.29, 0.717) is 0 Å². The fourth-order valence-corrected chi connectivity index (χ4v) is 1.99. The van der Waals surface area contributed by atoms with Gasteiger partial charge in [-0.05, 0) is 30.0 Å². The van der Waals surface area contributed by atoms with Crippen molar-refractivity contribution in [3.05, 3.63) is 34.2 Å². The molecule has 62 valence electrons. The summed E-state index contributed by atoms with van der Waals surface area (Å²) in [6.07, 6.45) is 5.73. The highest BCUT2D eigenvalue weighted by atomic mass is 32.1. The summed E-state index contributed by atoms with van der Waals surface area (Å²) in [6.45, 7) is 2.13. The molecule has 0 aromatic carbocycles. The Morgan fingerprint density at radius 3 is 3.08 bits per heavy atom. The van der Waals surface area contributed by atoms with E-state index >= 15 is 0 Å². The number of hydrogen-bond donors (Lipinski definition) is 1. The molecule has 0 bridgehead atoms. The van der Waals surface area contributed by atoms with Crippen molar-refractivity contribution in [3.63, 3.8) is 0 Å². The number of rotatable bonds is 1. The van der Waals surface area contributed by atoms with Crippen LogP contribution in [-0.4, -0.2) is 6.34 Å². The topological polar surface area (TPSA) is 24.4 Å². The summed E-state index contributed by atoms with van der Waals surface area (Å²) in [7, 11) is 0. The quantitative estimate of drug-likeness (QED) is 0.700. The van der Waals surface area contributed by atoms with Crippen LogP contribution in [0.5, 0.6) is 0 Å². The van der Waals surface area contributed by atoms with Crippen LogP contribution in [0.1, 0.15) is 16.5 Å². The summed E-state index contributed by atoms with van der Waals surface area (Å²) in [5.74, 6) is 0. The molecule has 2 heterocycles. The zero-order valence-electron chi connectivity index (χ0n) is 6.82. The van der Waals surface area contributed by atoms with E-state index in [4.69, 9.17) is 0 Å². The highest BCUT2D eigenvalue weighted by Crippen LogP contribution is 2.26. The molecule has 0 fully saturated rings. The Hall–Kier alpha value is -1.09. The second-order valence-electron chi connectivity index (χ2n) is 2.68. The van der Waals surface area contributed by atoms with Crippen LogP contribution in [0.2, 0.25) is 0 Å². The molecular weight excluding hydrogens is 168 g/mol. The molecule has 2 nitrogen and oxygen atoms in total. The Kier molecular flexibility index (Phi) is 1.96. The first kappa shape index (κ1) is 7.55. The minimum Gasteiger partial charge on any atom is -0.353 e. The van der Waals surface area contributed by atoms with Crippen molar-refractivity contribution in [2.75, 3.05) is 0 Å². The average molecular weight is 178 g/mol. The van der Waals surface area contributed by atoms with E-state index < -0.39 is 0 Å². The zero-order valence-corrected chi connectivity index (χ0v) is 7.64. The third kappa shape index (κ3) is 1.28. The van der Waals surface area contributed by atoms with Crippen LogP contribution in [0.4, 0.5) is 0 Å². The van der Waals surface area contributed by atoms with E-state index in [-0.39, 0.29) is 6.04 Å². The SMILES string of the molecule is Cc1sccc1[C@H]1C=CNC=N1. The molecule has 1 aromatic heterocycles. The van der Waals surface area contributed by atoms with Gasteiger partial charge in [0.1, 0.15) is 0 Å². The third-order valence-electron chi connectivity index (χ3n) is 1.90. The summed E-state index contributed by atoms with van der Waals surface area (Å²) < 4.78 is 0. The largest absolute Gasteiger partial charge is 0.353 e. The maximum Gasteiger partial charge on any atom is 0.0975 e. The molecule has 1 N–H and O–H groups in total. The second-order valence-corrected chi connectivity index (χ2v) is 3.80. The molecule has 1 aliphatic heterocycles. The fourth-order valence-electron chi connectivity index (χ4n) is 1.25. The molecule has 0 aliphatic carbocycles. The van der Waals surface area contributed by atoms with Gasteiger partial charge in [0.2, 0.25) is 0 Å². The Bertz CT molecular complexity index is 313. The fraction of sp³-hybridized carbons (Fsp3) is 0.222. The average Bonchev–Trinajstić information content (AvgIpc) is 2.53. The van der Waals surface area contributed by atoms with Gasteiger partial charge in [-0.25, -0.2) is 0 Å². The zero-order chi connectivity index (χ0) is 8.39. The number of aliphatic imine (C=N–C) groups is 1. The summed E-state index contributed by atoms with van der Waals surface area (Å²) in [4.78, 5) is 5.67. The third-order valence-corrected chi connectivity index (χ3v) is 2.76. The van der Waals surface area contributed by atoms with E-state index in [1.807, 2.05) is 6.20 Å². The lowest BCUT2D eigenvalue weighted by molar-refractivity contribution is 0.882. The minimum atomic E-state index is 0.220. The summed E-state index contributed by atoms with van der Waals surface area (Å²) in [6, 6.07) is 2.36. The van der Waals surface area contributed by atoms with E-state index in [0.717, 1.165) is 0 Å². The molecule has 1 atom stereocenters. The Balaban J connectivity index is 2.30. The number of nitrogens with one attached hydrogen (secondary N) is 1. The van der Waals surface area contributed by atoms with Crippen LogP contribution in [0.25, 0.3) is 0 Å².